The minimum absolute atomic E-state index is 0.104. The summed E-state index contributed by atoms with van der Waals surface area (Å²) in [7, 11) is 0. The number of allylic oxidation sites excluding steroid dienone is 3. The summed E-state index contributed by atoms with van der Waals surface area (Å²) in [6.45, 7) is 8.03. The summed E-state index contributed by atoms with van der Waals surface area (Å²) in [5, 5.41) is 19.9. The third-order valence-electron chi connectivity index (χ3n) is 3.12. The maximum absolute atomic E-state index is 10.1. The Morgan fingerprint density at radius 1 is 1.35 bits per heavy atom. The maximum Gasteiger partial charge on any atom is 0.121 e. The first-order valence-electron chi connectivity index (χ1n) is 6.27. The van der Waals surface area contributed by atoms with Crippen LogP contribution in [0.25, 0.3) is 0 Å². The van der Waals surface area contributed by atoms with Crippen molar-refractivity contribution in [2.24, 2.45) is 0 Å². The van der Waals surface area contributed by atoms with Crippen molar-refractivity contribution in [3.05, 3.63) is 36.1 Å². The molecule has 1 fully saturated rings. The predicted molar refractivity (Wildman–Crippen MR) is 71.0 cm³/mol. The van der Waals surface area contributed by atoms with Gasteiger partial charge in [-0.1, -0.05) is 25.2 Å². The predicted octanol–water partition coefficient (Wildman–Crippen LogP) is 2.41. The van der Waals surface area contributed by atoms with Crippen LogP contribution in [0.4, 0.5) is 0 Å². The Balaban J connectivity index is 2.57. The van der Waals surface area contributed by atoms with Gasteiger partial charge in [0.05, 0.1) is 6.10 Å². The van der Waals surface area contributed by atoms with Crippen molar-refractivity contribution >= 4 is 0 Å². The minimum atomic E-state index is -0.630. The second-order valence-corrected chi connectivity index (χ2v) is 4.41. The number of likely N-dealkylation sites (tertiary alicyclic amines) is 1. The number of hydrogen-bond acceptors (Lipinski definition) is 3. The molecule has 0 saturated carbocycles. The van der Waals surface area contributed by atoms with Crippen LogP contribution in [0.2, 0.25) is 0 Å². The smallest absolute Gasteiger partial charge is 0.121 e. The molecule has 0 radical (unpaired) electrons. The Kier molecular flexibility index (Phi) is 6.01. The standard InChI is InChI=1S/C14H23NO2/c1-3-8-13(16)12(4-2)14(17)11-15-9-6-5-7-10-15/h3-4,8,14,16-17H,1,5-7,9-11H2,2H3/b12-4+,13-8+. The normalized spacial score (nSPS) is 21.3. The summed E-state index contributed by atoms with van der Waals surface area (Å²) < 4.78 is 0. The van der Waals surface area contributed by atoms with Crippen LogP contribution in [-0.4, -0.2) is 40.9 Å². The molecule has 1 unspecified atom stereocenters. The number of aliphatic hydroxyl groups excluding tert-OH is 2. The van der Waals surface area contributed by atoms with Gasteiger partial charge < -0.3 is 15.1 Å². The fourth-order valence-corrected chi connectivity index (χ4v) is 2.20. The van der Waals surface area contributed by atoms with Crippen molar-refractivity contribution in [1.29, 1.82) is 0 Å². The topological polar surface area (TPSA) is 43.7 Å². The van der Waals surface area contributed by atoms with Gasteiger partial charge in [-0.25, -0.2) is 0 Å². The second-order valence-electron chi connectivity index (χ2n) is 4.41. The van der Waals surface area contributed by atoms with Crippen molar-refractivity contribution in [2.75, 3.05) is 19.6 Å². The fraction of sp³-hybridized carbons (Fsp3) is 0.571. The van der Waals surface area contributed by atoms with E-state index in [-0.39, 0.29) is 5.76 Å². The van der Waals surface area contributed by atoms with Gasteiger partial charge in [-0.2, -0.15) is 0 Å². The van der Waals surface area contributed by atoms with E-state index < -0.39 is 6.10 Å². The first kappa shape index (κ1) is 14.0. The summed E-state index contributed by atoms with van der Waals surface area (Å²) in [6.07, 6.45) is 7.84. The van der Waals surface area contributed by atoms with Gasteiger partial charge in [0.25, 0.3) is 0 Å². The third kappa shape index (κ3) is 4.36. The third-order valence-corrected chi connectivity index (χ3v) is 3.12. The molecule has 96 valence electrons. The Bertz CT molecular complexity index is 301. The average molecular weight is 237 g/mol. The minimum Gasteiger partial charge on any atom is -0.508 e. The molecule has 0 aromatic carbocycles. The molecule has 1 aliphatic rings. The van der Waals surface area contributed by atoms with Crippen molar-refractivity contribution in [2.45, 2.75) is 32.3 Å². The lowest BCUT2D eigenvalue weighted by Gasteiger charge is -2.29. The zero-order valence-corrected chi connectivity index (χ0v) is 10.6. The number of nitrogens with zero attached hydrogens (tertiary/aromatic N) is 1. The first-order chi connectivity index (χ1) is 8.19. The van der Waals surface area contributed by atoms with Crippen LogP contribution in [0.3, 0.4) is 0 Å². The average Bonchev–Trinajstić information content (AvgIpc) is 2.31. The largest absolute Gasteiger partial charge is 0.508 e. The molecule has 1 atom stereocenters. The second kappa shape index (κ2) is 7.30. The molecular formula is C14H23NO2. The van der Waals surface area contributed by atoms with E-state index in [0.29, 0.717) is 12.1 Å². The zero-order valence-electron chi connectivity index (χ0n) is 10.6. The van der Waals surface area contributed by atoms with E-state index in [4.69, 9.17) is 0 Å². The quantitative estimate of drug-likeness (QED) is 0.570. The molecule has 0 bridgehead atoms. The van der Waals surface area contributed by atoms with E-state index in [2.05, 4.69) is 11.5 Å². The van der Waals surface area contributed by atoms with Gasteiger partial charge in [0.15, 0.2) is 0 Å². The van der Waals surface area contributed by atoms with Crippen molar-refractivity contribution in [3.8, 4) is 0 Å². The Morgan fingerprint density at radius 3 is 2.53 bits per heavy atom. The Labute approximate surface area is 104 Å². The summed E-state index contributed by atoms with van der Waals surface area (Å²) in [4.78, 5) is 2.25. The van der Waals surface area contributed by atoms with E-state index in [9.17, 15) is 10.2 Å². The monoisotopic (exact) mass is 237 g/mol. The van der Waals surface area contributed by atoms with E-state index >= 15 is 0 Å². The molecule has 0 aliphatic carbocycles. The summed E-state index contributed by atoms with van der Waals surface area (Å²) in [5.41, 5.74) is 0.579. The molecule has 0 aromatic heterocycles. The fourth-order valence-electron chi connectivity index (χ4n) is 2.20. The van der Waals surface area contributed by atoms with Gasteiger partial charge in [-0.3, -0.25) is 0 Å². The molecule has 0 spiro atoms. The molecule has 1 heterocycles. The molecule has 1 rings (SSSR count). The lowest BCUT2D eigenvalue weighted by atomic mass is 10.0. The number of rotatable bonds is 5. The summed E-state index contributed by atoms with van der Waals surface area (Å²) in [5.74, 6) is 0.104. The molecule has 3 heteroatoms. The Hall–Kier alpha value is -1.06. The van der Waals surface area contributed by atoms with Crippen LogP contribution in [0.15, 0.2) is 36.1 Å². The Morgan fingerprint density at radius 2 is 2.00 bits per heavy atom. The molecular weight excluding hydrogens is 214 g/mol. The highest BCUT2D eigenvalue weighted by atomic mass is 16.3. The van der Waals surface area contributed by atoms with Crippen LogP contribution in [0, 0.1) is 0 Å². The molecule has 3 nitrogen and oxygen atoms in total. The highest BCUT2D eigenvalue weighted by molar-refractivity contribution is 5.30. The van der Waals surface area contributed by atoms with E-state index in [1.807, 2.05) is 6.92 Å². The molecule has 2 N–H and O–H groups in total. The van der Waals surface area contributed by atoms with E-state index in [0.717, 1.165) is 13.1 Å². The van der Waals surface area contributed by atoms with Gasteiger partial charge in [0, 0.05) is 12.1 Å². The maximum atomic E-state index is 10.1. The SMILES string of the molecule is C=C/C=C(O)\C(=C/C)C(O)CN1CCCCC1. The zero-order chi connectivity index (χ0) is 12.7. The first-order valence-corrected chi connectivity index (χ1v) is 6.27. The molecule has 1 aliphatic heterocycles. The van der Waals surface area contributed by atoms with Gasteiger partial charge in [0.2, 0.25) is 0 Å². The molecule has 0 amide bonds. The van der Waals surface area contributed by atoms with Gasteiger partial charge in [-0.15, -0.1) is 0 Å². The van der Waals surface area contributed by atoms with Crippen LogP contribution >= 0.6 is 0 Å². The van der Waals surface area contributed by atoms with E-state index in [1.54, 1.807) is 6.08 Å². The number of piperidine rings is 1. The van der Waals surface area contributed by atoms with Gasteiger partial charge in [0.1, 0.15) is 5.76 Å². The van der Waals surface area contributed by atoms with Crippen LogP contribution in [0.1, 0.15) is 26.2 Å². The lowest BCUT2D eigenvalue weighted by molar-refractivity contribution is 0.121. The number of β-amino-alcohol motifs (C(OH)–C–C–N with tert-alkyl or cyclic N) is 1. The van der Waals surface area contributed by atoms with Gasteiger partial charge >= 0.3 is 0 Å². The lowest BCUT2D eigenvalue weighted by Crippen LogP contribution is -2.37. The highest BCUT2D eigenvalue weighted by Gasteiger charge is 2.19. The summed E-state index contributed by atoms with van der Waals surface area (Å²) >= 11 is 0. The van der Waals surface area contributed by atoms with Gasteiger partial charge in [-0.05, 0) is 38.9 Å². The molecule has 0 aromatic rings. The number of hydrogen-bond donors (Lipinski definition) is 2. The van der Waals surface area contributed by atoms with Crippen molar-refractivity contribution < 1.29 is 10.2 Å². The van der Waals surface area contributed by atoms with Crippen LogP contribution in [-0.2, 0) is 0 Å². The van der Waals surface area contributed by atoms with E-state index in [1.165, 1.54) is 31.4 Å². The highest BCUT2D eigenvalue weighted by Crippen LogP contribution is 2.16. The van der Waals surface area contributed by atoms with Crippen molar-refractivity contribution in [3.63, 3.8) is 0 Å². The number of aliphatic hydroxyl groups is 2. The van der Waals surface area contributed by atoms with Crippen molar-refractivity contribution in [1.82, 2.24) is 4.90 Å². The molecule has 1 saturated heterocycles. The van der Waals surface area contributed by atoms with Crippen LogP contribution in [0.5, 0.6) is 0 Å². The molecule has 17 heavy (non-hydrogen) atoms. The van der Waals surface area contributed by atoms with Crippen LogP contribution < -0.4 is 0 Å². The summed E-state index contributed by atoms with van der Waals surface area (Å²) in [6, 6.07) is 0.